The molecule has 0 fully saturated rings. The van der Waals surface area contributed by atoms with Gasteiger partial charge in [0.05, 0.1) is 15.1 Å². The van der Waals surface area contributed by atoms with Crippen molar-refractivity contribution in [2.24, 2.45) is 0 Å². The fraction of sp³-hybridized carbons (Fsp3) is 0.400. The summed E-state index contributed by atoms with van der Waals surface area (Å²) in [5.41, 5.74) is 2.27. The molecule has 0 spiro atoms. The van der Waals surface area contributed by atoms with E-state index >= 15 is 0 Å². The average Bonchev–Trinajstić information content (AvgIpc) is 2.92. The first-order chi connectivity index (χ1) is 10.1. The number of rotatable bonds is 7. The zero-order chi connectivity index (χ0) is 15.2. The third-order valence-electron chi connectivity index (χ3n) is 3.03. The van der Waals surface area contributed by atoms with Crippen LogP contribution in [0.1, 0.15) is 25.0 Å². The van der Waals surface area contributed by atoms with Crippen LogP contribution in [0.2, 0.25) is 0 Å². The molecule has 1 aromatic carbocycles. The Hall–Kier alpha value is -0.850. The van der Waals surface area contributed by atoms with Gasteiger partial charge in [-0.15, -0.1) is 0 Å². The molecule has 4 nitrogen and oxygen atoms in total. The van der Waals surface area contributed by atoms with Crippen molar-refractivity contribution in [1.82, 2.24) is 15.1 Å². The van der Waals surface area contributed by atoms with E-state index < -0.39 is 0 Å². The smallest absolute Gasteiger partial charge is 0.148 e. The van der Waals surface area contributed by atoms with Gasteiger partial charge in [0, 0.05) is 24.8 Å². The topological polar surface area (TPSA) is 39.1 Å². The maximum Gasteiger partial charge on any atom is 0.148 e. The third-order valence-corrected chi connectivity index (χ3v) is 4.21. The second kappa shape index (κ2) is 7.96. The van der Waals surface area contributed by atoms with Crippen LogP contribution in [0.15, 0.2) is 33.5 Å². The lowest BCUT2D eigenvalue weighted by molar-refractivity contribution is 0.302. The van der Waals surface area contributed by atoms with Crippen molar-refractivity contribution in [2.75, 3.05) is 6.54 Å². The molecule has 0 aliphatic carbocycles. The maximum atomic E-state index is 5.90. The van der Waals surface area contributed by atoms with Gasteiger partial charge in [-0.05, 0) is 63.0 Å². The summed E-state index contributed by atoms with van der Waals surface area (Å²) >= 11 is 7.16. The van der Waals surface area contributed by atoms with E-state index in [-0.39, 0.29) is 0 Å². The molecule has 0 unspecified atom stereocenters. The van der Waals surface area contributed by atoms with Gasteiger partial charge in [0.15, 0.2) is 0 Å². The van der Waals surface area contributed by atoms with Gasteiger partial charge in [0.25, 0.3) is 0 Å². The Morgan fingerprint density at radius 2 is 1.90 bits per heavy atom. The van der Waals surface area contributed by atoms with Gasteiger partial charge < -0.3 is 10.1 Å². The zero-order valence-corrected chi connectivity index (χ0v) is 15.4. The number of ether oxygens (including phenoxy) is 1. The minimum Gasteiger partial charge on any atom is -0.486 e. The molecule has 114 valence electrons. The average molecular weight is 417 g/mol. The molecule has 2 aromatic rings. The lowest BCUT2D eigenvalue weighted by Crippen LogP contribution is -2.11. The van der Waals surface area contributed by atoms with Crippen LogP contribution in [0, 0.1) is 0 Å². The number of nitrogens with zero attached hydrogens (tertiary/aromatic N) is 2. The maximum absolute atomic E-state index is 5.90. The quantitative estimate of drug-likeness (QED) is 0.737. The van der Waals surface area contributed by atoms with Crippen LogP contribution in [-0.4, -0.2) is 16.3 Å². The summed E-state index contributed by atoms with van der Waals surface area (Å²) in [6.45, 7) is 7.33. The van der Waals surface area contributed by atoms with Gasteiger partial charge in [0.2, 0.25) is 0 Å². The van der Waals surface area contributed by atoms with Crippen LogP contribution < -0.4 is 10.1 Å². The van der Waals surface area contributed by atoms with Crippen LogP contribution in [0.5, 0.6) is 5.75 Å². The largest absolute Gasteiger partial charge is 0.486 e. The standard InChI is InChI=1S/C15H19Br2N3O/c1-3-18-7-11-5-13(16)15(14(17)6-11)21-10-12-8-19-20(4-2)9-12/h5-6,8-9,18H,3-4,7,10H2,1-2H3. The molecular weight excluding hydrogens is 398 g/mol. The van der Waals surface area contributed by atoms with E-state index in [2.05, 4.69) is 68.3 Å². The van der Waals surface area contributed by atoms with E-state index in [1.807, 2.05) is 17.1 Å². The molecule has 0 saturated carbocycles. The Morgan fingerprint density at radius 1 is 1.19 bits per heavy atom. The second-order valence-electron chi connectivity index (χ2n) is 4.66. The number of hydrogen-bond donors (Lipinski definition) is 1. The number of halogens is 2. The van der Waals surface area contributed by atoms with Gasteiger partial charge in [-0.1, -0.05) is 6.92 Å². The highest BCUT2D eigenvalue weighted by Crippen LogP contribution is 2.35. The number of hydrogen-bond acceptors (Lipinski definition) is 3. The van der Waals surface area contributed by atoms with Crippen LogP contribution in [0.25, 0.3) is 0 Å². The van der Waals surface area contributed by atoms with Crippen LogP contribution in [0.4, 0.5) is 0 Å². The number of aromatic nitrogens is 2. The second-order valence-corrected chi connectivity index (χ2v) is 6.37. The van der Waals surface area contributed by atoms with E-state index in [9.17, 15) is 0 Å². The van der Waals surface area contributed by atoms with Crippen LogP contribution >= 0.6 is 31.9 Å². The van der Waals surface area contributed by atoms with Crippen molar-refractivity contribution in [3.63, 3.8) is 0 Å². The normalized spacial score (nSPS) is 10.9. The molecule has 0 aliphatic heterocycles. The number of aryl methyl sites for hydroxylation is 1. The lowest BCUT2D eigenvalue weighted by atomic mass is 10.2. The molecule has 1 heterocycles. The van der Waals surface area contributed by atoms with E-state index in [4.69, 9.17) is 4.74 Å². The van der Waals surface area contributed by atoms with Gasteiger partial charge >= 0.3 is 0 Å². The minimum absolute atomic E-state index is 0.504. The van der Waals surface area contributed by atoms with Gasteiger partial charge in [0.1, 0.15) is 12.4 Å². The molecule has 0 bridgehead atoms. The van der Waals surface area contributed by atoms with E-state index in [0.717, 1.165) is 39.9 Å². The highest BCUT2D eigenvalue weighted by molar-refractivity contribution is 9.11. The van der Waals surface area contributed by atoms with Crippen molar-refractivity contribution in [3.05, 3.63) is 44.6 Å². The summed E-state index contributed by atoms with van der Waals surface area (Å²) in [6, 6.07) is 4.16. The molecule has 0 radical (unpaired) electrons. The summed E-state index contributed by atoms with van der Waals surface area (Å²) in [6.07, 6.45) is 3.84. The Kier molecular flexibility index (Phi) is 6.26. The van der Waals surface area contributed by atoms with Crippen molar-refractivity contribution in [3.8, 4) is 5.75 Å². The first-order valence-electron chi connectivity index (χ1n) is 6.96. The number of benzene rings is 1. The first-order valence-corrected chi connectivity index (χ1v) is 8.55. The van der Waals surface area contributed by atoms with Gasteiger partial charge in [-0.3, -0.25) is 4.68 Å². The van der Waals surface area contributed by atoms with Gasteiger partial charge in [-0.25, -0.2) is 0 Å². The van der Waals surface area contributed by atoms with Crippen LogP contribution in [0.3, 0.4) is 0 Å². The molecule has 6 heteroatoms. The van der Waals surface area contributed by atoms with Crippen LogP contribution in [-0.2, 0) is 19.7 Å². The monoisotopic (exact) mass is 415 g/mol. The summed E-state index contributed by atoms with van der Waals surface area (Å²) in [4.78, 5) is 0. The molecule has 21 heavy (non-hydrogen) atoms. The van der Waals surface area contributed by atoms with Crippen molar-refractivity contribution < 1.29 is 4.74 Å². The fourth-order valence-electron chi connectivity index (χ4n) is 1.93. The predicted octanol–water partition coefficient (Wildman–Crippen LogP) is 4.12. The Balaban J connectivity index is 2.05. The lowest BCUT2D eigenvalue weighted by Gasteiger charge is -2.12. The number of nitrogens with one attached hydrogen (secondary N) is 1. The first kappa shape index (κ1) is 16.5. The Morgan fingerprint density at radius 3 is 2.48 bits per heavy atom. The Bertz CT molecular complexity index is 575. The predicted molar refractivity (Wildman–Crippen MR) is 91.5 cm³/mol. The molecule has 2 rings (SSSR count). The molecule has 1 aromatic heterocycles. The highest BCUT2D eigenvalue weighted by atomic mass is 79.9. The SMILES string of the molecule is CCNCc1cc(Br)c(OCc2cnn(CC)c2)c(Br)c1. The molecule has 0 atom stereocenters. The molecule has 0 saturated heterocycles. The summed E-state index contributed by atoms with van der Waals surface area (Å²) < 4.78 is 9.70. The summed E-state index contributed by atoms with van der Waals surface area (Å²) in [7, 11) is 0. The molecule has 0 amide bonds. The van der Waals surface area contributed by atoms with Crippen molar-refractivity contribution in [1.29, 1.82) is 0 Å². The molecule has 1 N–H and O–H groups in total. The zero-order valence-electron chi connectivity index (χ0n) is 12.2. The highest BCUT2D eigenvalue weighted by Gasteiger charge is 2.10. The molecule has 0 aliphatic rings. The molecular formula is C15H19Br2N3O. The minimum atomic E-state index is 0.504. The van der Waals surface area contributed by atoms with E-state index in [1.54, 1.807) is 0 Å². The van der Waals surface area contributed by atoms with Gasteiger partial charge in [-0.2, -0.15) is 5.10 Å². The fourth-order valence-corrected chi connectivity index (χ4v) is 3.44. The summed E-state index contributed by atoms with van der Waals surface area (Å²) in [5, 5.41) is 7.56. The third kappa shape index (κ3) is 4.56. The van der Waals surface area contributed by atoms with E-state index in [0.29, 0.717) is 6.61 Å². The van der Waals surface area contributed by atoms with Crippen molar-refractivity contribution >= 4 is 31.9 Å². The Labute approximate surface area is 142 Å². The van der Waals surface area contributed by atoms with Crippen molar-refractivity contribution in [2.45, 2.75) is 33.5 Å². The summed E-state index contributed by atoms with van der Waals surface area (Å²) in [5.74, 6) is 0.819. The van der Waals surface area contributed by atoms with E-state index in [1.165, 1.54) is 5.56 Å².